The standard InChI is InChI=1S/C44H45N11O9/c1-5-54-32(19-27(52-54)23-11-12-23)48-39-37-25-18-31(62-4)26(35-21(2)53-64-22(35)3)17-28(25)47-38(37)50-40(51-39)42(59)46-16-7-6-15-45-34(57)20-63-30-10-8-9-24-36(30)44(61)55(43(24)60)29-13-14-33(56)49-41(29)58/h8-10,17-19,23,29H,5-7,11-16,20H2,1-4H3,(H,45,57)(H,46,59)(H,49,56,58)(H2,47,48,50,51). The second-order valence-electron chi connectivity index (χ2n) is 15.9. The zero-order chi connectivity index (χ0) is 44.8. The van der Waals surface area contributed by atoms with E-state index in [1.165, 1.54) is 18.2 Å². The lowest BCUT2D eigenvalue weighted by Crippen LogP contribution is -2.54. The van der Waals surface area contributed by atoms with Gasteiger partial charge in [-0.25, -0.2) is 14.6 Å². The number of anilines is 2. The van der Waals surface area contributed by atoms with Crippen molar-refractivity contribution in [1.29, 1.82) is 0 Å². The van der Waals surface area contributed by atoms with Gasteiger partial charge in [-0.05, 0) is 77.1 Å². The highest BCUT2D eigenvalue weighted by Gasteiger charge is 2.46. The monoisotopic (exact) mass is 871 g/mol. The molecular weight excluding hydrogens is 827 g/mol. The van der Waals surface area contributed by atoms with Crippen molar-refractivity contribution in [2.45, 2.75) is 77.8 Å². The number of imide groups is 2. The summed E-state index contributed by atoms with van der Waals surface area (Å²) in [5.41, 5.74) is 4.51. The molecule has 330 valence electrons. The molecule has 5 N–H and O–H groups in total. The number of carbonyl (C=O) groups excluding carboxylic acids is 6. The molecule has 0 radical (unpaired) electrons. The van der Waals surface area contributed by atoms with Gasteiger partial charge < -0.3 is 34.9 Å². The fraction of sp³-hybridized carbons (Fsp3) is 0.364. The van der Waals surface area contributed by atoms with E-state index in [4.69, 9.17) is 24.1 Å². The normalized spacial score (nSPS) is 16.1. The number of carbonyl (C=O) groups is 6. The van der Waals surface area contributed by atoms with Crippen LogP contribution in [0.3, 0.4) is 0 Å². The Morgan fingerprint density at radius 1 is 0.938 bits per heavy atom. The molecule has 1 saturated carbocycles. The van der Waals surface area contributed by atoms with Crippen LogP contribution in [0.15, 0.2) is 40.9 Å². The number of nitrogens with one attached hydrogen (secondary N) is 5. The zero-order valence-corrected chi connectivity index (χ0v) is 35.5. The summed E-state index contributed by atoms with van der Waals surface area (Å²) in [5, 5.41) is 21.7. The molecule has 4 aromatic heterocycles. The van der Waals surface area contributed by atoms with Gasteiger partial charge in [0.2, 0.25) is 17.6 Å². The van der Waals surface area contributed by atoms with Crippen LogP contribution in [0.1, 0.15) is 99.8 Å². The Morgan fingerprint density at radius 2 is 1.73 bits per heavy atom. The fourth-order valence-electron chi connectivity index (χ4n) is 8.28. The number of aromatic nitrogens is 6. The second kappa shape index (κ2) is 16.9. The Morgan fingerprint density at radius 3 is 2.45 bits per heavy atom. The van der Waals surface area contributed by atoms with E-state index in [-0.39, 0.29) is 48.6 Å². The van der Waals surface area contributed by atoms with Gasteiger partial charge in [0, 0.05) is 54.5 Å². The van der Waals surface area contributed by atoms with Crippen LogP contribution in [0.2, 0.25) is 0 Å². The highest BCUT2D eigenvalue weighted by Crippen LogP contribution is 2.43. The predicted molar refractivity (Wildman–Crippen MR) is 229 cm³/mol. The van der Waals surface area contributed by atoms with Gasteiger partial charge in [-0.2, -0.15) is 5.10 Å². The number of nitrogens with zero attached hydrogens (tertiary/aromatic N) is 6. The summed E-state index contributed by atoms with van der Waals surface area (Å²) >= 11 is 0. The average Bonchev–Trinajstić information content (AvgIpc) is 3.73. The van der Waals surface area contributed by atoms with Crippen LogP contribution in [0.5, 0.6) is 11.5 Å². The molecule has 6 heterocycles. The number of aromatic amines is 1. The van der Waals surface area contributed by atoms with E-state index in [0.717, 1.165) is 57.0 Å². The molecule has 9 rings (SSSR count). The predicted octanol–water partition coefficient (Wildman–Crippen LogP) is 4.34. The third kappa shape index (κ3) is 7.75. The minimum absolute atomic E-state index is 0.00677. The number of aryl methyl sites for hydroxylation is 3. The molecule has 0 spiro atoms. The van der Waals surface area contributed by atoms with Crippen molar-refractivity contribution in [1.82, 2.24) is 50.7 Å². The van der Waals surface area contributed by atoms with Crippen molar-refractivity contribution in [2.24, 2.45) is 0 Å². The van der Waals surface area contributed by atoms with Gasteiger partial charge in [0.15, 0.2) is 6.61 Å². The van der Waals surface area contributed by atoms with Crippen molar-refractivity contribution in [3.8, 4) is 22.6 Å². The van der Waals surface area contributed by atoms with Crippen LogP contribution in [0, 0.1) is 13.8 Å². The number of benzene rings is 2. The van der Waals surface area contributed by atoms with Crippen LogP contribution in [-0.2, 0) is 20.9 Å². The van der Waals surface area contributed by atoms with E-state index in [1.54, 1.807) is 7.11 Å². The quantitative estimate of drug-likeness (QED) is 0.0670. The second-order valence-corrected chi connectivity index (χ2v) is 15.9. The lowest BCUT2D eigenvalue weighted by Gasteiger charge is -2.27. The molecule has 2 fully saturated rings. The molecule has 1 unspecified atom stereocenters. The lowest BCUT2D eigenvalue weighted by molar-refractivity contribution is -0.136. The molecule has 2 aliphatic heterocycles. The average molecular weight is 872 g/mol. The van der Waals surface area contributed by atoms with Crippen LogP contribution in [-0.4, -0.2) is 103 Å². The smallest absolute Gasteiger partial charge is 0.289 e. The number of piperidine rings is 1. The van der Waals surface area contributed by atoms with E-state index in [9.17, 15) is 28.8 Å². The van der Waals surface area contributed by atoms with Gasteiger partial charge >= 0.3 is 0 Å². The first-order valence-corrected chi connectivity index (χ1v) is 21.2. The molecule has 1 saturated heterocycles. The zero-order valence-electron chi connectivity index (χ0n) is 35.5. The Balaban J connectivity index is 0.848. The minimum Gasteiger partial charge on any atom is -0.496 e. The number of fused-ring (bicyclic) bond motifs is 4. The van der Waals surface area contributed by atoms with Crippen LogP contribution in [0.4, 0.5) is 11.6 Å². The molecular formula is C44H45N11O9. The maximum absolute atomic E-state index is 13.6. The molecule has 0 bridgehead atoms. The van der Waals surface area contributed by atoms with Crippen molar-refractivity contribution < 1.29 is 42.8 Å². The number of unbranched alkanes of at least 4 members (excludes halogenated alkanes) is 1. The molecule has 6 amide bonds. The number of methoxy groups -OCH3 is 1. The third-order valence-corrected chi connectivity index (χ3v) is 11.6. The van der Waals surface area contributed by atoms with E-state index in [1.807, 2.05) is 43.7 Å². The summed E-state index contributed by atoms with van der Waals surface area (Å²) in [4.78, 5) is 90.6. The number of hydrogen-bond acceptors (Lipinski definition) is 14. The highest BCUT2D eigenvalue weighted by atomic mass is 16.5. The number of hydrogen-bond donors (Lipinski definition) is 5. The molecule has 20 heteroatoms. The Labute approximate surface area is 364 Å². The maximum atomic E-state index is 13.6. The fourth-order valence-corrected chi connectivity index (χ4v) is 8.28. The van der Waals surface area contributed by atoms with Gasteiger partial charge in [0.1, 0.15) is 40.6 Å². The number of H-pyrrole nitrogens is 1. The van der Waals surface area contributed by atoms with Gasteiger partial charge in [-0.15, -0.1) is 0 Å². The molecule has 2 aromatic carbocycles. The summed E-state index contributed by atoms with van der Waals surface area (Å²) in [6, 6.07) is 9.19. The Bertz CT molecular complexity index is 2890. The van der Waals surface area contributed by atoms with Gasteiger partial charge in [0.25, 0.3) is 23.6 Å². The summed E-state index contributed by atoms with van der Waals surface area (Å²) < 4.78 is 18.9. The number of rotatable bonds is 16. The van der Waals surface area contributed by atoms with E-state index in [0.29, 0.717) is 53.7 Å². The maximum Gasteiger partial charge on any atom is 0.289 e. The molecule has 1 atom stereocenters. The Hall–Kier alpha value is -7.64. The number of amides is 6. The first-order chi connectivity index (χ1) is 30.9. The van der Waals surface area contributed by atoms with Crippen LogP contribution < -0.4 is 30.7 Å². The SMILES string of the molecule is CCn1nc(C2CC2)cc1Nc1nc(C(=O)NCCCCNC(=O)COc2cccc3c2C(=O)N(C2CCC(=O)NC2=O)C3=O)nc2[nH]c3cc(-c4c(C)noc4C)c(OC)cc3c12. The summed E-state index contributed by atoms with van der Waals surface area (Å²) in [5.74, 6) is -0.757. The number of ether oxygens (including phenoxy) is 2. The van der Waals surface area contributed by atoms with Crippen molar-refractivity contribution in [3.05, 3.63) is 70.5 Å². The summed E-state index contributed by atoms with van der Waals surface area (Å²) in [6.07, 6.45) is 3.22. The summed E-state index contributed by atoms with van der Waals surface area (Å²) in [7, 11) is 1.60. The first-order valence-electron chi connectivity index (χ1n) is 21.2. The molecule has 6 aromatic rings. The van der Waals surface area contributed by atoms with Gasteiger partial charge in [0.05, 0.1) is 40.6 Å². The van der Waals surface area contributed by atoms with Crippen LogP contribution >= 0.6 is 0 Å². The van der Waals surface area contributed by atoms with Crippen molar-refractivity contribution in [2.75, 3.05) is 32.1 Å². The molecule has 3 aliphatic rings. The Kier molecular flexibility index (Phi) is 11.0. The lowest BCUT2D eigenvalue weighted by atomic mass is 10.0. The third-order valence-electron chi connectivity index (χ3n) is 11.6. The van der Waals surface area contributed by atoms with Gasteiger partial charge in [-0.3, -0.25) is 39.0 Å². The summed E-state index contributed by atoms with van der Waals surface area (Å²) in [6.45, 7) is 6.45. The topological polar surface area (TPSA) is 258 Å². The van der Waals surface area contributed by atoms with E-state index in [2.05, 4.69) is 36.4 Å². The van der Waals surface area contributed by atoms with Crippen molar-refractivity contribution in [3.63, 3.8) is 0 Å². The van der Waals surface area contributed by atoms with Crippen LogP contribution in [0.25, 0.3) is 33.1 Å². The largest absolute Gasteiger partial charge is 0.496 e. The highest BCUT2D eigenvalue weighted by molar-refractivity contribution is 6.24. The van der Waals surface area contributed by atoms with E-state index < -0.39 is 48.1 Å². The van der Waals surface area contributed by atoms with Gasteiger partial charge in [-0.1, -0.05) is 11.2 Å². The van der Waals surface area contributed by atoms with Crippen molar-refractivity contribution >= 4 is 69.0 Å². The molecule has 64 heavy (non-hydrogen) atoms. The molecule has 20 nitrogen and oxygen atoms in total. The molecule has 1 aliphatic carbocycles. The van der Waals surface area contributed by atoms with E-state index >= 15 is 0 Å². The first kappa shape index (κ1) is 41.7. The minimum atomic E-state index is -1.13.